The van der Waals surface area contributed by atoms with Crippen molar-refractivity contribution in [3.63, 3.8) is 0 Å². The average molecular weight is 358 g/mol. The Morgan fingerprint density at radius 3 is 2.31 bits per heavy atom. The van der Waals surface area contributed by atoms with Crippen molar-refractivity contribution in [3.05, 3.63) is 65.1 Å². The Balaban J connectivity index is 2.39. The zero-order valence-electron chi connectivity index (χ0n) is 13.6. The van der Waals surface area contributed by atoms with E-state index in [0.717, 1.165) is 12.1 Å². The number of carbonyl (C=O) groups excluding carboxylic acids is 1. The molecule has 0 bridgehead atoms. The summed E-state index contributed by atoms with van der Waals surface area (Å²) in [5, 5.41) is 0.0637. The molecule has 3 aromatic rings. The molecule has 0 fully saturated rings. The monoisotopic (exact) mass is 358 g/mol. The fraction of sp³-hybridized carbons (Fsp3) is 0.0556. The lowest BCUT2D eigenvalue weighted by Gasteiger charge is -2.12. The van der Waals surface area contributed by atoms with Crippen LogP contribution in [0.5, 0.6) is 0 Å². The van der Waals surface area contributed by atoms with Crippen LogP contribution in [0.2, 0.25) is 0 Å². The third-order valence-electron chi connectivity index (χ3n) is 3.78. The van der Waals surface area contributed by atoms with Crippen LogP contribution in [0.3, 0.4) is 0 Å². The molecule has 0 atom stereocenters. The first-order valence-corrected chi connectivity index (χ1v) is 7.47. The average Bonchev–Trinajstić information content (AvgIpc) is 2.57. The van der Waals surface area contributed by atoms with Gasteiger partial charge < -0.3 is 11.5 Å². The molecular weight excluding hydrogens is 345 g/mol. The SMILES string of the molecule is Cc1nc2ccc(C(=O)N=C(N)N)cc2c(-c2c(F)cccc2F)c1F. The molecule has 0 aliphatic rings. The maximum absolute atomic E-state index is 14.8. The second-order valence-electron chi connectivity index (χ2n) is 5.56. The van der Waals surface area contributed by atoms with Gasteiger partial charge in [0.15, 0.2) is 11.8 Å². The Bertz CT molecular complexity index is 1060. The number of aryl methyl sites for hydroxylation is 1. The van der Waals surface area contributed by atoms with Gasteiger partial charge >= 0.3 is 0 Å². The summed E-state index contributed by atoms with van der Waals surface area (Å²) < 4.78 is 43.3. The second kappa shape index (κ2) is 6.47. The minimum atomic E-state index is -0.934. The van der Waals surface area contributed by atoms with Crippen LogP contribution in [0.1, 0.15) is 16.1 Å². The maximum Gasteiger partial charge on any atom is 0.280 e. The number of rotatable bonds is 2. The summed E-state index contributed by atoms with van der Waals surface area (Å²) >= 11 is 0. The van der Waals surface area contributed by atoms with Crippen LogP contribution >= 0.6 is 0 Å². The van der Waals surface area contributed by atoms with E-state index in [1.807, 2.05) is 0 Å². The van der Waals surface area contributed by atoms with E-state index in [9.17, 15) is 18.0 Å². The smallest absolute Gasteiger partial charge is 0.280 e. The van der Waals surface area contributed by atoms with E-state index in [-0.39, 0.29) is 27.7 Å². The topological polar surface area (TPSA) is 94.4 Å². The molecule has 5 nitrogen and oxygen atoms in total. The van der Waals surface area contributed by atoms with E-state index in [1.165, 1.54) is 31.2 Å². The Labute approximate surface area is 146 Å². The van der Waals surface area contributed by atoms with Crippen molar-refractivity contribution < 1.29 is 18.0 Å². The van der Waals surface area contributed by atoms with Crippen LogP contribution in [0.4, 0.5) is 13.2 Å². The zero-order valence-corrected chi connectivity index (χ0v) is 13.6. The summed E-state index contributed by atoms with van der Waals surface area (Å²) in [5.41, 5.74) is 9.77. The van der Waals surface area contributed by atoms with E-state index in [2.05, 4.69) is 9.98 Å². The highest BCUT2D eigenvalue weighted by molar-refractivity contribution is 6.06. The Morgan fingerprint density at radius 2 is 1.69 bits per heavy atom. The van der Waals surface area contributed by atoms with Crippen molar-refractivity contribution in [1.82, 2.24) is 4.98 Å². The highest BCUT2D eigenvalue weighted by atomic mass is 19.1. The Kier molecular flexibility index (Phi) is 4.33. The molecule has 1 heterocycles. The molecule has 0 unspecified atom stereocenters. The third-order valence-corrected chi connectivity index (χ3v) is 3.78. The van der Waals surface area contributed by atoms with Gasteiger partial charge in [-0.15, -0.1) is 0 Å². The van der Waals surface area contributed by atoms with E-state index in [4.69, 9.17) is 11.5 Å². The normalized spacial score (nSPS) is 10.8. The van der Waals surface area contributed by atoms with Crippen molar-refractivity contribution in [2.24, 2.45) is 16.5 Å². The van der Waals surface area contributed by atoms with Gasteiger partial charge in [0, 0.05) is 16.5 Å². The molecule has 1 amide bonds. The summed E-state index contributed by atoms with van der Waals surface area (Å²) in [4.78, 5) is 19.5. The van der Waals surface area contributed by atoms with Gasteiger partial charge in [0.1, 0.15) is 11.6 Å². The quantitative estimate of drug-likeness (QED) is 0.544. The largest absolute Gasteiger partial charge is 0.370 e. The molecule has 0 aliphatic carbocycles. The summed E-state index contributed by atoms with van der Waals surface area (Å²) in [6.45, 7) is 1.38. The molecule has 132 valence electrons. The number of fused-ring (bicyclic) bond motifs is 1. The number of guanidine groups is 1. The number of halogens is 3. The summed E-state index contributed by atoms with van der Waals surface area (Å²) in [5.74, 6) is -3.96. The van der Waals surface area contributed by atoms with E-state index in [1.54, 1.807) is 0 Å². The lowest BCUT2D eigenvalue weighted by Crippen LogP contribution is -2.24. The predicted molar refractivity (Wildman–Crippen MR) is 91.9 cm³/mol. The van der Waals surface area contributed by atoms with E-state index in [0.29, 0.717) is 0 Å². The van der Waals surface area contributed by atoms with Gasteiger partial charge in [-0.25, -0.2) is 13.2 Å². The fourth-order valence-corrected chi connectivity index (χ4v) is 2.66. The van der Waals surface area contributed by atoms with Gasteiger partial charge in [0.2, 0.25) is 0 Å². The van der Waals surface area contributed by atoms with Gasteiger partial charge in [-0.2, -0.15) is 4.99 Å². The molecular formula is C18H13F3N4O. The fourth-order valence-electron chi connectivity index (χ4n) is 2.66. The highest BCUT2D eigenvalue weighted by Crippen LogP contribution is 2.35. The minimum absolute atomic E-state index is 0.0222. The second-order valence-corrected chi connectivity index (χ2v) is 5.56. The van der Waals surface area contributed by atoms with Crippen LogP contribution in [0.15, 0.2) is 41.4 Å². The van der Waals surface area contributed by atoms with Gasteiger partial charge in [-0.05, 0) is 37.3 Å². The van der Waals surface area contributed by atoms with Crippen molar-refractivity contribution >= 4 is 22.8 Å². The van der Waals surface area contributed by atoms with Gasteiger partial charge in [-0.1, -0.05) is 6.07 Å². The Morgan fingerprint density at radius 1 is 1.04 bits per heavy atom. The number of amides is 1. The number of hydrogen-bond donors (Lipinski definition) is 2. The van der Waals surface area contributed by atoms with Crippen molar-refractivity contribution in [2.75, 3.05) is 0 Å². The van der Waals surface area contributed by atoms with Gasteiger partial charge in [0.05, 0.1) is 16.8 Å². The summed E-state index contributed by atoms with van der Waals surface area (Å²) in [7, 11) is 0. The van der Waals surface area contributed by atoms with Crippen LogP contribution in [0.25, 0.3) is 22.0 Å². The lowest BCUT2D eigenvalue weighted by molar-refractivity contribution is 0.100. The van der Waals surface area contributed by atoms with Gasteiger partial charge in [-0.3, -0.25) is 9.78 Å². The van der Waals surface area contributed by atoms with Gasteiger partial charge in [0.25, 0.3) is 5.91 Å². The molecule has 0 radical (unpaired) electrons. The predicted octanol–water partition coefficient (Wildman–Crippen LogP) is 3.04. The molecule has 26 heavy (non-hydrogen) atoms. The number of carbonyl (C=O) groups is 1. The number of hydrogen-bond acceptors (Lipinski definition) is 2. The van der Waals surface area contributed by atoms with E-state index < -0.39 is 34.9 Å². The van der Waals surface area contributed by atoms with Crippen LogP contribution in [-0.4, -0.2) is 16.9 Å². The van der Waals surface area contributed by atoms with Crippen LogP contribution in [0, 0.1) is 24.4 Å². The standard InChI is InChI=1S/C18H13F3N4O/c1-8-16(21)14(15-11(19)3-2-4-12(15)20)10-7-9(5-6-13(10)24-8)17(26)25-18(22)23/h2-7H,1H3,(H4,22,23,25,26). The maximum atomic E-state index is 14.8. The van der Waals surface area contributed by atoms with E-state index >= 15 is 0 Å². The number of nitrogens with zero attached hydrogens (tertiary/aromatic N) is 2. The minimum Gasteiger partial charge on any atom is -0.370 e. The third kappa shape index (κ3) is 2.97. The molecule has 0 aliphatic heterocycles. The molecule has 8 heteroatoms. The number of aliphatic imine (C=N–C) groups is 1. The molecule has 0 saturated heterocycles. The zero-order chi connectivity index (χ0) is 19.0. The van der Waals surface area contributed by atoms with Crippen LogP contribution < -0.4 is 11.5 Å². The van der Waals surface area contributed by atoms with Crippen molar-refractivity contribution in [1.29, 1.82) is 0 Å². The molecule has 3 rings (SSSR count). The molecule has 2 aromatic carbocycles. The first kappa shape index (κ1) is 17.4. The number of benzene rings is 2. The molecule has 0 saturated carbocycles. The van der Waals surface area contributed by atoms with Crippen molar-refractivity contribution in [2.45, 2.75) is 6.92 Å². The molecule has 4 N–H and O–H groups in total. The summed E-state index contributed by atoms with van der Waals surface area (Å²) in [6.07, 6.45) is 0. The Hall–Kier alpha value is -3.42. The number of aromatic nitrogens is 1. The molecule has 1 aromatic heterocycles. The lowest BCUT2D eigenvalue weighted by atomic mass is 9.97. The van der Waals surface area contributed by atoms with Crippen molar-refractivity contribution in [3.8, 4) is 11.1 Å². The summed E-state index contributed by atoms with van der Waals surface area (Å²) in [6, 6.07) is 7.29. The number of pyridine rings is 1. The highest BCUT2D eigenvalue weighted by Gasteiger charge is 2.21. The first-order valence-electron chi connectivity index (χ1n) is 7.47. The number of nitrogens with two attached hydrogens (primary N) is 2. The van der Waals surface area contributed by atoms with Crippen LogP contribution in [-0.2, 0) is 0 Å². The molecule has 0 spiro atoms. The first-order chi connectivity index (χ1) is 12.3.